The molecule has 1 unspecified atom stereocenters. The highest BCUT2D eigenvalue weighted by atomic mass is 19.1. The number of hydrogen-bond acceptors (Lipinski definition) is 3. The minimum atomic E-state index is -1.25. The van der Waals surface area contributed by atoms with Crippen molar-refractivity contribution in [1.82, 2.24) is 9.88 Å². The molecule has 4 aromatic rings. The number of carbonyl (C=O) groups is 2. The summed E-state index contributed by atoms with van der Waals surface area (Å²) in [4.78, 5) is 32.1. The maximum atomic E-state index is 14.7. The SMILES string of the molecule is CN1C(=O)C(NC(=O)Nc2cc3ccccc3n2C)N=C(c2ccccc2F)c2ccccc21. The molecular weight excluding hydrogens is 433 g/mol. The third-order valence-corrected chi connectivity index (χ3v) is 5.93. The van der Waals surface area contributed by atoms with E-state index in [-0.39, 0.29) is 5.56 Å². The minimum absolute atomic E-state index is 0.249. The Bertz CT molecular complexity index is 1460. The van der Waals surface area contributed by atoms with E-state index in [1.54, 1.807) is 49.5 Å². The first-order chi connectivity index (χ1) is 16.4. The van der Waals surface area contributed by atoms with E-state index in [2.05, 4.69) is 15.6 Å². The van der Waals surface area contributed by atoms with Crippen molar-refractivity contribution < 1.29 is 14.0 Å². The highest BCUT2D eigenvalue weighted by Gasteiger charge is 2.31. The molecule has 3 aromatic carbocycles. The Hall–Kier alpha value is -4.46. The number of fused-ring (bicyclic) bond motifs is 2. The van der Waals surface area contributed by atoms with Gasteiger partial charge in [0.25, 0.3) is 5.91 Å². The van der Waals surface area contributed by atoms with Gasteiger partial charge in [0.05, 0.1) is 11.4 Å². The van der Waals surface area contributed by atoms with Crippen LogP contribution in [-0.4, -0.2) is 35.4 Å². The van der Waals surface area contributed by atoms with Crippen molar-refractivity contribution in [3.63, 3.8) is 0 Å². The summed E-state index contributed by atoms with van der Waals surface area (Å²) in [7, 11) is 3.45. The molecule has 7 nitrogen and oxygen atoms in total. The number of likely N-dealkylation sites (N-methyl/N-ethyl adjacent to an activating group) is 1. The molecule has 0 bridgehead atoms. The fraction of sp³-hybridized carbons (Fsp3) is 0.115. The fourth-order valence-corrected chi connectivity index (χ4v) is 4.17. The lowest BCUT2D eigenvalue weighted by Gasteiger charge is -2.21. The van der Waals surface area contributed by atoms with Crippen LogP contribution in [-0.2, 0) is 11.8 Å². The number of aryl methyl sites for hydroxylation is 1. The van der Waals surface area contributed by atoms with E-state index in [1.165, 1.54) is 11.0 Å². The second-order valence-electron chi connectivity index (χ2n) is 8.02. The van der Waals surface area contributed by atoms with Gasteiger partial charge < -0.3 is 14.8 Å². The second-order valence-corrected chi connectivity index (χ2v) is 8.02. The standard InChI is InChI=1S/C26H22FN5O2/c1-31-20-13-7-3-9-16(20)15-22(31)28-26(34)30-24-25(33)32(2)21-14-8-5-11-18(21)23(29-24)17-10-4-6-12-19(17)27/h3-15,24H,1-2H3,(H2,28,30,34). The zero-order valence-electron chi connectivity index (χ0n) is 18.6. The summed E-state index contributed by atoms with van der Waals surface area (Å²) >= 11 is 0. The van der Waals surface area contributed by atoms with Crippen LogP contribution in [0.2, 0.25) is 0 Å². The molecule has 1 aliphatic rings. The molecule has 2 N–H and O–H groups in total. The summed E-state index contributed by atoms with van der Waals surface area (Å²) in [6, 6.07) is 22.4. The van der Waals surface area contributed by atoms with Gasteiger partial charge in [0.2, 0.25) is 6.17 Å². The van der Waals surface area contributed by atoms with Gasteiger partial charge in [-0.05, 0) is 30.3 Å². The zero-order chi connectivity index (χ0) is 23.8. The molecule has 0 fully saturated rings. The lowest BCUT2D eigenvalue weighted by molar-refractivity contribution is -0.119. The van der Waals surface area contributed by atoms with Crippen LogP contribution in [0.1, 0.15) is 11.1 Å². The van der Waals surface area contributed by atoms with Crippen LogP contribution in [0, 0.1) is 5.82 Å². The number of halogens is 1. The number of rotatable bonds is 3. The maximum Gasteiger partial charge on any atom is 0.322 e. The highest BCUT2D eigenvalue weighted by molar-refractivity contribution is 6.20. The Morgan fingerprint density at radius 3 is 2.38 bits per heavy atom. The molecule has 0 aliphatic carbocycles. The van der Waals surface area contributed by atoms with Gasteiger partial charge in [-0.15, -0.1) is 0 Å². The third-order valence-electron chi connectivity index (χ3n) is 5.93. The molecule has 170 valence electrons. The van der Waals surface area contributed by atoms with Gasteiger partial charge in [0.15, 0.2) is 0 Å². The van der Waals surface area contributed by atoms with Gasteiger partial charge in [-0.25, -0.2) is 14.2 Å². The Morgan fingerprint density at radius 1 is 0.941 bits per heavy atom. The van der Waals surface area contributed by atoms with E-state index >= 15 is 0 Å². The molecule has 5 rings (SSSR count). The van der Waals surface area contributed by atoms with Crippen molar-refractivity contribution in [2.45, 2.75) is 6.17 Å². The number of carbonyl (C=O) groups excluding carboxylic acids is 2. The zero-order valence-corrected chi connectivity index (χ0v) is 18.6. The fourth-order valence-electron chi connectivity index (χ4n) is 4.17. The van der Waals surface area contributed by atoms with Gasteiger partial charge in [0, 0.05) is 36.1 Å². The first-order valence-electron chi connectivity index (χ1n) is 10.8. The molecule has 0 saturated carbocycles. The smallest absolute Gasteiger partial charge is 0.322 e. The number of nitrogens with one attached hydrogen (secondary N) is 2. The minimum Gasteiger partial charge on any atom is -0.330 e. The highest BCUT2D eigenvalue weighted by Crippen LogP contribution is 2.28. The number of aliphatic imine (C=N–C) groups is 1. The number of benzodiazepines with no additional fused rings is 1. The number of aromatic nitrogens is 1. The molecule has 0 spiro atoms. The summed E-state index contributed by atoms with van der Waals surface area (Å²) in [6.45, 7) is 0. The van der Waals surface area contributed by atoms with Crippen molar-refractivity contribution in [2.24, 2.45) is 12.0 Å². The van der Waals surface area contributed by atoms with Crippen LogP contribution in [0.3, 0.4) is 0 Å². The van der Waals surface area contributed by atoms with Gasteiger partial charge in [-0.2, -0.15) is 0 Å². The van der Waals surface area contributed by atoms with Gasteiger partial charge in [-0.3, -0.25) is 10.1 Å². The Labute approximate surface area is 195 Å². The quantitative estimate of drug-likeness (QED) is 0.484. The second kappa shape index (κ2) is 8.47. The molecule has 1 atom stereocenters. The summed E-state index contributed by atoms with van der Waals surface area (Å²) in [5, 5.41) is 6.41. The first kappa shape index (κ1) is 21.4. The van der Waals surface area contributed by atoms with E-state index in [9.17, 15) is 14.0 Å². The van der Waals surface area contributed by atoms with Crippen LogP contribution in [0.5, 0.6) is 0 Å². The molecule has 1 aromatic heterocycles. The average molecular weight is 455 g/mol. The number of anilines is 2. The number of amides is 3. The largest absolute Gasteiger partial charge is 0.330 e. The summed E-state index contributed by atoms with van der Waals surface area (Å²) < 4.78 is 16.6. The average Bonchev–Trinajstić information content (AvgIpc) is 3.11. The predicted molar refractivity (Wildman–Crippen MR) is 131 cm³/mol. The summed E-state index contributed by atoms with van der Waals surface area (Å²) in [6.07, 6.45) is -1.25. The summed E-state index contributed by atoms with van der Waals surface area (Å²) in [5.41, 5.74) is 2.67. The van der Waals surface area contributed by atoms with Crippen LogP contribution in [0.25, 0.3) is 10.9 Å². The van der Waals surface area contributed by atoms with Gasteiger partial charge in [0.1, 0.15) is 11.6 Å². The first-order valence-corrected chi connectivity index (χ1v) is 10.8. The Kier molecular flexibility index (Phi) is 5.33. The van der Waals surface area contributed by atoms with E-state index in [0.717, 1.165) is 10.9 Å². The normalized spacial score (nSPS) is 15.5. The van der Waals surface area contributed by atoms with Gasteiger partial charge in [-0.1, -0.05) is 48.5 Å². The number of para-hydroxylation sites is 2. The topological polar surface area (TPSA) is 78.7 Å². The lowest BCUT2D eigenvalue weighted by atomic mass is 10.00. The van der Waals surface area contributed by atoms with Crippen LogP contribution >= 0.6 is 0 Å². The molecule has 3 amide bonds. The van der Waals surface area contributed by atoms with E-state index in [1.807, 2.05) is 41.9 Å². The molecular formula is C26H22FN5O2. The van der Waals surface area contributed by atoms with Crippen LogP contribution in [0.15, 0.2) is 83.9 Å². The molecule has 34 heavy (non-hydrogen) atoms. The number of nitrogens with zero attached hydrogens (tertiary/aromatic N) is 3. The van der Waals surface area contributed by atoms with Crippen molar-refractivity contribution >= 4 is 40.1 Å². The molecule has 8 heteroatoms. The van der Waals surface area contributed by atoms with Crippen molar-refractivity contribution in [1.29, 1.82) is 0 Å². The predicted octanol–water partition coefficient (Wildman–Crippen LogP) is 4.28. The Balaban J connectivity index is 1.50. The van der Waals surface area contributed by atoms with Gasteiger partial charge >= 0.3 is 6.03 Å². The molecule has 0 radical (unpaired) electrons. The Morgan fingerprint density at radius 2 is 1.62 bits per heavy atom. The molecule has 1 aliphatic heterocycles. The van der Waals surface area contributed by atoms with Crippen molar-refractivity contribution in [3.8, 4) is 0 Å². The summed E-state index contributed by atoms with van der Waals surface area (Å²) in [5.74, 6) is -0.340. The van der Waals surface area contributed by atoms with E-state index in [4.69, 9.17) is 0 Å². The number of urea groups is 1. The van der Waals surface area contributed by atoms with Crippen molar-refractivity contribution in [3.05, 3.63) is 95.8 Å². The number of benzene rings is 3. The van der Waals surface area contributed by atoms with E-state index in [0.29, 0.717) is 22.8 Å². The number of hydrogen-bond donors (Lipinski definition) is 2. The molecule has 0 saturated heterocycles. The molecule has 2 heterocycles. The monoisotopic (exact) mass is 455 g/mol. The van der Waals surface area contributed by atoms with Crippen LogP contribution < -0.4 is 15.5 Å². The van der Waals surface area contributed by atoms with Crippen molar-refractivity contribution in [2.75, 3.05) is 17.3 Å². The van der Waals surface area contributed by atoms with Crippen LogP contribution in [0.4, 0.5) is 20.7 Å². The maximum absolute atomic E-state index is 14.7. The van der Waals surface area contributed by atoms with E-state index < -0.39 is 23.9 Å². The lowest BCUT2D eigenvalue weighted by Crippen LogP contribution is -2.47. The third kappa shape index (κ3) is 3.69.